The molecule has 0 radical (unpaired) electrons. The zero-order valence-electron chi connectivity index (χ0n) is 14.6. The van der Waals surface area contributed by atoms with Gasteiger partial charge in [0.25, 0.3) is 0 Å². The van der Waals surface area contributed by atoms with E-state index in [1.807, 2.05) is 37.3 Å². The molecule has 6 heteroatoms. The number of amides is 1. The van der Waals surface area contributed by atoms with Crippen LogP contribution in [-0.4, -0.2) is 41.6 Å². The summed E-state index contributed by atoms with van der Waals surface area (Å²) in [6.45, 7) is 4.43. The third kappa shape index (κ3) is 4.92. The van der Waals surface area contributed by atoms with Gasteiger partial charge in [0.15, 0.2) is 0 Å². The molecular weight excluding hydrogens is 314 g/mol. The zero-order valence-corrected chi connectivity index (χ0v) is 14.6. The predicted octanol–water partition coefficient (Wildman–Crippen LogP) is 2.31. The molecule has 0 spiro atoms. The molecule has 2 heterocycles. The van der Waals surface area contributed by atoms with Crippen LogP contribution < -0.4 is 15.5 Å². The molecule has 25 heavy (non-hydrogen) atoms. The molecule has 1 atom stereocenters. The van der Waals surface area contributed by atoms with Gasteiger partial charge in [-0.2, -0.15) is 0 Å². The number of rotatable bonds is 6. The third-order valence-electron chi connectivity index (χ3n) is 4.51. The summed E-state index contributed by atoms with van der Waals surface area (Å²) in [6.07, 6.45) is 6.85. The summed E-state index contributed by atoms with van der Waals surface area (Å²) in [5.41, 5.74) is 1.07. The minimum Gasteiger partial charge on any atom is -0.383 e. The van der Waals surface area contributed by atoms with E-state index in [9.17, 15) is 4.79 Å². The summed E-state index contributed by atoms with van der Waals surface area (Å²) in [7, 11) is 0. The van der Waals surface area contributed by atoms with Crippen molar-refractivity contribution in [1.29, 1.82) is 0 Å². The number of nitrogens with zero attached hydrogens (tertiary/aromatic N) is 3. The van der Waals surface area contributed by atoms with Gasteiger partial charge in [-0.1, -0.05) is 18.2 Å². The van der Waals surface area contributed by atoms with Crippen molar-refractivity contribution in [1.82, 2.24) is 15.3 Å². The van der Waals surface area contributed by atoms with Gasteiger partial charge in [0.1, 0.15) is 5.82 Å². The molecule has 1 fully saturated rings. The number of piperidine rings is 1. The van der Waals surface area contributed by atoms with Gasteiger partial charge in [-0.25, -0.2) is 4.98 Å². The smallest absolute Gasteiger partial charge is 0.223 e. The maximum Gasteiger partial charge on any atom is 0.223 e. The van der Waals surface area contributed by atoms with E-state index in [4.69, 9.17) is 0 Å². The van der Waals surface area contributed by atoms with Crippen LogP contribution in [0, 0.1) is 5.92 Å². The van der Waals surface area contributed by atoms with Gasteiger partial charge in [-0.3, -0.25) is 9.78 Å². The molecule has 0 unspecified atom stereocenters. The van der Waals surface area contributed by atoms with Gasteiger partial charge in [0, 0.05) is 49.7 Å². The molecule has 0 saturated carbocycles. The predicted molar refractivity (Wildman–Crippen MR) is 99.5 cm³/mol. The van der Waals surface area contributed by atoms with Crippen molar-refractivity contribution < 1.29 is 4.79 Å². The molecule has 2 N–H and O–H groups in total. The van der Waals surface area contributed by atoms with Crippen LogP contribution in [-0.2, 0) is 4.79 Å². The van der Waals surface area contributed by atoms with Crippen LogP contribution in [0.3, 0.4) is 0 Å². The second kappa shape index (κ2) is 8.46. The Bertz CT molecular complexity index is 656. The first-order chi connectivity index (χ1) is 12.2. The molecule has 0 bridgehead atoms. The number of benzene rings is 1. The molecule has 6 nitrogen and oxygen atoms in total. The maximum atomic E-state index is 12.5. The van der Waals surface area contributed by atoms with Crippen LogP contribution in [0.4, 0.5) is 11.5 Å². The first kappa shape index (κ1) is 17.2. The van der Waals surface area contributed by atoms with Crippen molar-refractivity contribution in [3.05, 3.63) is 48.9 Å². The highest BCUT2D eigenvalue weighted by molar-refractivity contribution is 5.79. The van der Waals surface area contributed by atoms with Crippen LogP contribution in [0.25, 0.3) is 0 Å². The van der Waals surface area contributed by atoms with Crippen LogP contribution in [0.2, 0.25) is 0 Å². The van der Waals surface area contributed by atoms with Gasteiger partial charge in [0.2, 0.25) is 5.91 Å². The minimum atomic E-state index is 0.0760. The fourth-order valence-corrected chi connectivity index (χ4v) is 3.06. The van der Waals surface area contributed by atoms with Crippen molar-refractivity contribution in [2.24, 2.45) is 5.92 Å². The van der Waals surface area contributed by atoms with E-state index < -0.39 is 0 Å². The van der Waals surface area contributed by atoms with E-state index in [2.05, 4.69) is 25.5 Å². The number of hydrogen-bond acceptors (Lipinski definition) is 5. The van der Waals surface area contributed by atoms with Crippen molar-refractivity contribution in [2.75, 3.05) is 29.9 Å². The Morgan fingerprint density at radius 2 is 2.00 bits per heavy atom. The molecule has 1 aliphatic heterocycles. The number of carbonyl (C=O) groups excluding carboxylic acids is 1. The third-order valence-corrected chi connectivity index (χ3v) is 4.51. The van der Waals surface area contributed by atoms with Crippen LogP contribution in [0.1, 0.15) is 19.8 Å². The SMILES string of the molecule is C[C@@H](CNc1ccccc1)NC(=O)C1CCN(c2cnccn2)CC1. The van der Waals surface area contributed by atoms with E-state index in [-0.39, 0.29) is 17.9 Å². The fourth-order valence-electron chi connectivity index (χ4n) is 3.06. The Kier molecular flexibility index (Phi) is 5.82. The Morgan fingerprint density at radius 3 is 2.68 bits per heavy atom. The number of aromatic nitrogens is 2. The van der Waals surface area contributed by atoms with Crippen LogP contribution in [0.15, 0.2) is 48.9 Å². The lowest BCUT2D eigenvalue weighted by Gasteiger charge is -2.32. The van der Waals surface area contributed by atoms with E-state index in [1.54, 1.807) is 18.6 Å². The molecule has 1 aliphatic rings. The van der Waals surface area contributed by atoms with Crippen molar-refractivity contribution in [3.8, 4) is 0 Å². The molecule has 1 saturated heterocycles. The summed E-state index contributed by atoms with van der Waals surface area (Å²) in [4.78, 5) is 23.1. The van der Waals surface area contributed by atoms with Crippen LogP contribution >= 0.6 is 0 Å². The first-order valence-electron chi connectivity index (χ1n) is 8.82. The Labute approximate surface area is 148 Å². The van der Waals surface area contributed by atoms with Crippen molar-refractivity contribution in [2.45, 2.75) is 25.8 Å². The van der Waals surface area contributed by atoms with Crippen molar-refractivity contribution >= 4 is 17.4 Å². The fraction of sp³-hybridized carbons (Fsp3) is 0.421. The highest BCUT2D eigenvalue weighted by Crippen LogP contribution is 2.21. The average molecular weight is 339 g/mol. The van der Waals surface area contributed by atoms with Gasteiger partial charge in [0.05, 0.1) is 6.20 Å². The lowest BCUT2D eigenvalue weighted by molar-refractivity contribution is -0.126. The molecular formula is C19H25N5O. The maximum absolute atomic E-state index is 12.5. The number of carbonyl (C=O) groups is 1. The minimum absolute atomic E-state index is 0.0760. The molecule has 132 valence electrons. The topological polar surface area (TPSA) is 70.2 Å². The average Bonchev–Trinajstić information content (AvgIpc) is 2.68. The summed E-state index contributed by atoms with van der Waals surface area (Å²) in [5.74, 6) is 1.12. The molecule has 1 aromatic carbocycles. The second-order valence-electron chi connectivity index (χ2n) is 6.48. The highest BCUT2D eigenvalue weighted by atomic mass is 16.1. The summed E-state index contributed by atoms with van der Waals surface area (Å²) < 4.78 is 0. The number of hydrogen-bond donors (Lipinski definition) is 2. The zero-order chi connectivity index (χ0) is 17.5. The monoisotopic (exact) mass is 339 g/mol. The highest BCUT2D eigenvalue weighted by Gasteiger charge is 2.26. The lowest BCUT2D eigenvalue weighted by Crippen LogP contribution is -2.45. The van der Waals surface area contributed by atoms with Gasteiger partial charge < -0.3 is 15.5 Å². The molecule has 1 amide bonds. The molecule has 2 aromatic rings. The molecule has 0 aliphatic carbocycles. The summed E-state index contributed by atoms with van der Waals surface area (Å²) >= 11 is 0. The van der Waals surface area contributed by atoms with E-state index >= 15 is 0 Å². The largest absolute Gasteiger partial charge is 0.383 e. The Balaban J connectivity index is 1.41. The standard InChI is InChI=1S/C19H25N5O/c1-15(13-22-17-5-3-2-4-6-17)23-19(25)16-7-11-24(12-8-16)18-14-20-9-10-21-18/h2-6,9-10,14-16,22H,7-8,11-13H2,1H3,(H,23,25)/t15-/m0/s1. The van der Waals surface area contributed by atoms with Crippen molar-refractivity contribution in [3.63, 3.8) is 0 Å². The summed E-state index contributed by atoms with van der Waals surface area (Å²) in [5, 5.41) is 6.47. The second-order valence-corrected chi connectivity index (χ2v) is 6.48. The summed E-state index contributed by atoms with van der Waals surface area (Å²) in [6, 6.07) is 10.1. The molecule has 3 rings (SSSR count). The van der Waals surface area contributed by atoms with Crippen LogP contribution in [0.5, 0.6) is 0 Å². The molecule has 1 aromatic heterocycles. The lowest BCUT2D eigenvalue weighted by atomic mass is 9.95. The van der Waals surface area contributed by atoms with E-state index in [0.29, 0.717) is 6.54 Å². The number of nitrogens with one attached hydrogen (secondary N) is 2. The normalized spacial score (nSPS) is 16.3. The van der Waals surface area contributed by atoms with Gasteiger partial charge >= 0.3 is 0 Å². The van der Waals surface area contributed by atoms with Gasteiger partial charge in [-0.05, 0) is 31.9 Å². The van der Waals surface area contributed by atoms with E-state index in [0.717, 1.165) is 37.4 Å². The quantitative estimate of drug-likeness (QED) is 0.845. The Hall–Kier alpha value is -2.63. The van der Waals surface area contributed by atoms with Gasteiger partial charge in [-0.15, -0.1) is 0 Å². The Morgan fingerprint density at radius 1 is 1.24 bits per heavy atom. The first-order valence-corrected chi connectivity index (χ1v) is 8.82. The number of para-hydroxylation sites is 1. The number of anilines is 2. The van der Waals surface area contributed by atoms with E-state index in [1.165, 1.54) is 0 Å².